The molecule has 1 fully saturated rings. The fourth-order valence-electron chi connectivity index (χ4n) is 2.55. The van der Waals surface area contributed by atoms with Gasteiger partial charge in [0.1, 0.15) is 5.69 Å². The molecule has 2 aromatic rings. The van der Waals surface area contributed by atoms with Gasteiger partial charge in [0.25, 0.3) is 5.91 Å². The Labute approximate surface area is 123 Å². The summed E-state index contributed by atoms with van der Waals surface area (Å²) in [4.78, 5) is 16.4. The molecular formula is C15H16N2O3S. The molecule has 0 saturated carbocycles. The number of benzene rings is 1. The largest absolute Gasteiger partial charge is 0.350 e. The van der Waals surface area contributed by atoms with Crippen LogP contribution in [0.25, 0.3) is 10.9 Å². The Bertz CT molecular complexity index is 786. The second-order valence-electron chi connectivity index (χ2n) is 5.37. The summed E-state index contributed by atoms with van der Waals surface area (Å²) in [5.41, 5.74) is 1.13. The fourth-order valence-corrected chi connectivity index (χ4v) is 4.41. The highest BCUT2D eigenvalue weighted by Crippen LogP contribution is 2.17. The number of amides is 1. The van der Waals surface area contributed by atoms with Crippen LogP contribution in [0.15, 0.2) is 36.4 Å². The van der Waals surface area contributed by atoms with Crippen molar-refractivity contribution in [2.75, 3.05) is 18.1 Å². The Morgan fingerprint density at radius 1 is 1.24 bits per heavy atom. The molecule has 0 unspecified atom stereocenters. The monoisotopic (exact) mass is 304 g/mol. The summed E-state index contributed by atoms with van der Waals surface area (Å²) in [6.07, 6.45) is 0.619. The average molecular weight is 304 g/mol. The van der Waals surface area contributed by atoms with Crippen molar-refractivity contribution in [3.05, 3.63) is 42.1 Å². The molecule has 1 aromatic carbocycles. The van der Waals surface area contributed by atoms with Crippen molar-refractivity contribution in [3.8, 4) is 0 Å². The first-order valence-corrected chi connectivity index (χ1v) is 8.70. The van der Waals surface area contributed by atoms with E-state index in [1.165, 1.54) is 0 Å². The first kappa shape index (κ1) is 14.0. The lowest BCUT2D eigenvalue weighted by molar-refractivity contribution is 0.0944. The highest BCUT2D eigenvalue weighted by molar-refractivity contribution is 7.91. The Balaban J connectivity index is 1.67. The summed E-state index contributed by atoms with van der Waals surface area (Å²) in [7, 11) is -2.90. The van der Waals surface area contributed by atoms with Gasteiger partial charge >= 0.3 is 0 Å². The van der Waals surface area contributed by atoms with Gasteiger partial charge < -0.3 is 5.32 Å². The minimum atomic E-state index is -2.90. The zero-order valence-electron chi connectivity index (χ0n) is 11.5. The first-order valence-electron chi connectivity index (χ1n) is 6.88. The molecule has 1 aliphatic heterocycles. The topological polar surface area (TPSA) is 76.1 Å². The van der Waals surface area contributed by atoms with Crippen molar-refractivity contribution in [1.82, 2.24) is 10.3 Å². The number of rotatable bonds is 3. The van der Waals surface area contributed by atoms with E-state index in [9.17, 15) is 13.2 Å². The number of aromatic nitrogens is 1. The van der Waals surface area contributed by atoms with Crippen LogP contribution in [-0.4, -0.2) is 37.4 Å². The van der Waals surface area contributed by atoms with Crippen molar-refractivity contribution in [2.24, 2.45) is 5.92 Å². The first-order chi connectivity index (χ1) is 10.0. The molecular weight excluding hydrogens is 288 g/mol. The van der Waals surface area contributed by atoms with Crippen LogP contribution in [-0.2, 0) is 9.84 Å². The van der Waals surface area contributed by atoms with Gasteiger partial charge in [-0.2, -0.15) is 0 Å². The Hall–Kier alpha value is -1.95. The molecule has 0 spiro atoms. The van der Waals surface area contributed by atoms with Crippen LogP contribution < -0.4 is 5.32 Å². The van der Waals surface area contributed by atoms with Gasteiger partial charge in [-0.25, -0.2) is 13.4 Å². The number of hydrogen-bond donors (Lipinski definition) is 1. The molecule has 1 amide bonds. The molecule has 21 heavy (non-hydrogen) atoms. The minimum Gasteiger partial charge on any atom is -0.350 e. The van der Waals surface area contributed by atoms with Gasteiger partial charge in [0.05, 0.1) is 17.0 Å². The molecule has 1 atom stereocenters. The third-order valence-corrected chi connectivity index (χ3v) is 5.55. The molecule has 1 aromatic heterocycles. The summed E-state index contributed by atoms with van der Waals surface area (Å²) in [5.74, 6) is 0.143. The second-order valence-corrected chi connectivity index (χ2v) is 7.60. The van der Waals surface area contributed by atoms with E-state index in [2.05, 4.69) is 10.3 Å². The van der Waals surface area contributed by atoms with Crippen LogP contribution in [0.3, 0.4) is 0 Å². The molecule has 6 heteroatoms. The Morgan fingerprint density at radius 3 is 2.81 bits per heavy atom. The highest BCUT2D eigenvalue weighted by Gasteiger charge is 2.28. The zero-order chi connectivity index (χ0) is 14.9. The van der Waals surface area contributed by atoms with E-state index in [4.69, 9.17) is 0 Å². The average Bonchev–Trinajstić information content (AvgIpc) is 2.83. The molecule has 1 N–H and O–H groups in total. The van der Waals surface area contributed by atoms with E-state index < -0.39 is 9.84 Å². The molecule has 2 heterocycles. The van der Waals surface area contributed by atoms with E-state index in [1.807, 2.05) is 30.3 Å². The third kappa shape index (κ3) is 3.21. The third-order valence-electron chi connectivity index (χ3n) is 3.71. The number of hydrogen-bond acceptors (Lipinski definition) is 4. The lowest BCUT2D eigenvalue weighted by Gasteiger charge is -2.09. The van der Waals surface area contributed by atoms with Crippen LogP contribution in [0.1, 0.15) is 16.9 Å². The summed E-state index contributed by atoms with van der Waals surface area (Å²) in [6, 6.07) is 11.1. The van der Waals surface area contributed by atoms with E-state index in [0.717, 1.165) is 10.9 Å². The predicted molar refractivity (Wildman–Crippen MR) is 80.8 cm³/mol. The number of pyridine rings is 1. The van der Waals surface area contributed by atoms with Crippen LogP contribution in [0.5, 0.6) is 0 Å². The number of sulfone groups is 1. The molecule has 110 valence electrons. The second kappa shape index (κ2) is 5.44. The van der Waals surface area contributed by atoms with Crippen molar-refractivity contribution in [3.63, 3.8) is 0 Å². The maximum Gasteiger partial charge on any atom is 0.269 e. The van der Waals surface area contributed by atoms with Gasteiger partial charge in [0.2, 0.25) is 0 Å². The molecule has 0 bridgehead atoms. The maximum atomic E-state index is 12.1. The summed E-state index contributed by atoms with van der Waals surface area (Å²) in [5, 5.41) is 3.76. The molecule has 1 aliphatic rings. The quantitative estimate of drug-likeness (QED) is 0.930. The van der Waals surface area contributed by atoms with E-state index in [-0.39, 0.29) is 23.3 Å². The van der Waals surface area contributed by atoms with Crippen LogP contribution in [0.4, 0.5) is 0 Å². The van der Waals surface area contributed by atoms with Crippen molar-refractivity contribution in [1.29, 1.82) is 0 Å². The Kier molecular flexibility index (Phi) is 3.63. The summed E-state index contributed by atoms with van der Waals surface area (Å²) >= 11 is 0. The Morgan fingerprint density at radius 2 is 2.05 bits per heavy atom. The van der Waals surface area contributed by atoms with E-state index in [1.54, 1.807) is 6.07 Å². The maximum absolute atomic E-state index is 12.1. The smallest absolute Gasteiger partial charge is 0.269 e. The zero-order valence-corrected chi connectivity index (χ0v) is 12.3. The van der Waals surface area contributed by atoms with E-state index in [0.29, 0.717) is 18.7 Å². The predicted octanol–water partition coefficient (Wildman–Crippen LogP) is 1.40. The number of nitrogens with one attached hydrogen (secondary N) is 1. The van der Waals surface area contributed by atoms with Gasteiger partial charge in [0, 0.05) is 11.9 Å². The minimum absolute atomic E-state index is 0.0133. The molecule has 0 aliphatic carbocycles. The van der Waals surface area contributed by atoms with Crippen LogP contribution in [0.2, 0.25) is 0 Å². The summed E-state index contributed by atoms with van der Waals surface area (Å²) in [6.45, 7) is 0.382. The lowest BCUT2D eigenvalue weighted by Crippen LogP contribution is -2.30. The van der Waals surface area contributed by atoms with Crippen molar-refractivity contribution in [2.45, 2.75) is 6.42 Å². The highest BCUT2D eigenvalue weighted by atomic mass is 32.2. The van der Waals surface area contributed by atoms with Gasteiger partial charge in [-0.3, -0.25) is 4.79 Å². The number of carbonyl (C=O) groups is 1. The van der Waals surface area contributed by atoms with Gasteiger partial charge in [0.15, 0.2) is 9.84 Å². The van der Waals surface area contributed by atoms with Gasteiger partial charge in [-0.1, -0.05) is 24.3 Å². The SMILES string of the molecule is O=C(NC[C@H]1CCS(=O)(=O)C1)c1ccc2ccccc2n1. The van der Waals surface area contributed by atoms with Crippen molar-refractivity contribution < 1.29 is 13.2 Å². The number of fused-ring (bicyclic) bond motifs is 1. The summed E-state index contributed by atoms with van der Waals surface area (Å²) < 4.78 is 22.8. The number of nitrogens with zero attached hydrogens (tertiary/aromatic N) is 1. The molecule has 1 saturated heterocycles. The van der Waals surface area contributed by atoms with Gasteiger partial charge in [-0.05, 0) is 24.5 Å². The molecule has 5 nitrogen and oxygen atoms in total. The standard InChI is InChI=1S/C15H16N2O3S/c18-15(16-9-11-7-8-21(19,20)10-11)14-6-5-12-3-1-2-4-13(12)17-14/h1-6,11H,7-10H2,(H,16,18)/t11-/m1/s1. The molecule has 3 rings (SSSR count). The van der Waals surface area contributed by atoms with E-state index >= 15 is 0 Å². The fraction of sp³-hybridized carbons (Fsp3) is 0.333. The van der Waals surface area contributed by atoms with Gasteiger partial charge in [-0.15, -0.1) is 0 Å². The van der Waals surface area contributed by atoms with Crippen molar-refractivity contribution >= 4 is 26.6 Å². The van der Waals surface area contributed by atoms with Crippen LogP contribution >= 0.6 is 0 Å². The number of para-hydroxylation sites is 1. The van der Waals surface area contributed by atoms with Crippen LogP contribution in [0, 0.1) is 5.92 Å². The lowest BCUT2D eigenvalue weighted by atomic mass is 10.1. The number of carbonyl (C=O) groups excluding carboxylic acids is 1. The normalized spacial score (nSPS) is 20.5. The molecule has 0 radical (unpaired) electrons.